The highest BCUT2D eigenvalue weighted by molar-refractivity contribution is 6.33. The number of nitrogens with two attached hydrogens (primary N) is 1. The second kappa shape index (κ2) is 7.33. The molecule has 3 N–H and O–H groups in total. The van der Waals surface area contributed by atoms with Gasteiger partial charge in [-0.15, -0.1) is 0 Å². The predicted octanol–water partition coefficient (Wildman–Crippen LogP) is 3.17. The Morgan fingerprint density at radius 1 is 1.35 bits per heavy atom. The number of halogens is 1. The second-order valence-electron chi connectivity index (χ2n) is 5.02. The van der Waals surface area contributed by atoms with E-state index in [0.29, 0.717) is 17.3 Å². The van der Waals surface area contributed by atoms with Crippen LogP contribution in [-0.2, 0) is 4.79 Å². The third-order valence-corrected chi connectivity index (χ3v) is 3.86. The van der Waals surface area contributed by atoms with Gasteiger partial charge >= 0.3 is 0 Å². The van der Waals surface area contributed by atoms with Crippen LogP contribution in [0.4, 0.5) is 5.69 Å². The van der Waals surface area contributed by atoms with Gasteiger partial charge in [0.05, 0.1) is 17.3 Å². The lowest BCUT2D eigenvalue weighted by atomic mass is 9.88. The molecule has 0 heterocycles. The van der Waals surface area contributed by atoms with Crippen LogP contribution in [0.15, 0.2) is 18.2 Å². The molecule has 0 radical (unpaired) electrons. The van der Waals surface area contributed by atoms with Crippen molar-refractivity contribution in [2.24, 2.45) is 11.7 Å². The first-order chi connectivity index (χ1) is 9.70. The number of nitrogens with one attached hydrogen (secondary N) is 1. The lowest BCUT2D eigenvalue weighted by Gasteiger charge is -2.21. The number of anilines is 1. The average molecular weight is 291 g/mol. The molecule has 4 heteroatoms. The van der Waals surface area contributed by atoms with Crippen LogP contribution in [0.1, 0.15) is 37.7 Å². The van der Waals surface area contributed by atoms with E-state index in [0.717, 1.165) is 31.2 Å². The summed E-state index contributed by atoms with van der Waals surface area (Å²) in [4.78, 5) is 12.2. The van der Waals surface area contributed by atoms with Crippen molar-refractivity contribution < 1.29 is 4.79 Å². The van der Waals surface area contributed by atoms with E-state index in [1.165, 1.54) is 6.42 Å². The zero-order chi connectivity index (χ0) is 14.4. The number of amides is 1. The quantitative estimate of drug-likeness (QED) is 0.822. The number of hydrogen-bond donors (Lipinski definition) is 2. The minimum Gasteiger partial charge on any atom is -0.324 e. The Hall–Kier alpha value is -1.50. The largest absolute Gasteiger partial charge is 0.324 e. The fourth-order valence-corrected chi connectivity index (χ4v) is 2.62. The SMILES string of the molecule is NCC#Cc1ccc(Cl)c(NC(=O)C2CCCCC2)c1. The van der Waals surface area contributed by atoms with Crippen LogP contribution in [0.2, 0.25) is 5.02 Å². The third-order valence-electron chi connectivity index (χ3n) is 3.53. The maximum Gasteiger partial charge on any atom is 0.227 e. The van der Waals surface area contributed by atoms with E-state index in [4.69, 9.17) is 17.3 Å². The highest BCUT2D eigenvalue weighted by Gasteiger charge is 2.21. The molecule has 1 amide bonds. The standard InChI is InChI=1S/C16H19ClN2O/c17-14-9-8-12(5-4-10-18)11-15(14)19-16(20)13-6-2-1-3-7-13/h8-9,11,13H,1-3,6-7,10,18H2,(H,19,20). The Balaban J connectivity index is 2.09. The van der Waals surface area contributed by atoms with E-state index in [1.807, 2.05) is 6.07 Å². The van der Waals surface area contributed by atoms with E-state index >= 15 is 0 Å². The van der Waals surface area contributed by atoms with Crippen molar-refractivity contribution >= 4 is 23.2 Å². The Labute approximate surface area is 124 Å². The molecule has 1 aromatic carbocycles. The fourth-order valence-electron chi connectivity index (χ4n) is 2.45. The molecule has 20 heavy (non-hydrogen) atoms. The zero-order valence-corrected chi connectivity index (χ0v) is 12.2. The van der Waals surface area contributed by atoms with Crippen molar-refractivity contribution in [2.75, 3.05) is 11.9 Å². The second-order valence-corrected chi connectivity index (χ2v) is 5.43. The summed E-state index contributed by atoms with van der Waals surface area (Å²) in [6, 6.07) is 5.37. The summed E-state index contributed by atoms with van der Waals surface area (Å²) in [5.74, 6) is 5.90. The summed E-state index contributed by atoms with van der Waals surface area (Å²) in [7, 11) is 0. The molecule has 0 saturated heterocycles. The maximum atomic E-state index is 12.2. The van der Waals surface area contributed by atoms with Crippen LogP contribution < -0.4 is 11.1 Å². The number of carbonyl (C=O) groups is 1. The Morgan fingerprint density at radius 2 is 2.10 bits per heavy atom. The molecule has 0 bridgehead atoms. The Bertz CT molecular complexity index is 539. The minimum absolute atomic E-state index is 0.0653. The van der Waals surface area contributed by atoms with Crippen molar-refractivity contribution in [3.8, 4) is 11.8 Å². The van der Waals surface area contributed by atoms with E-state index in [-0.39, 0.29) is 11.8 Å². The van der Waals surface area contributed by atoms with Gasteiger partial charge in [0.25, 0.3) is 0 Å². The van der Waals surface area contributed by atoms with Gasteiger partial charge in [-0.05, 0) is 31.0 Å². The van der Waals surface area contributed by atoms with Crippen molar-refractivity contribution in [3.63, 3.8) is 0 Å². The van der Waals surface area contributed by atoms with Gasteiger partial charge in [0.15, 0.2) is 0 Å². The minimum atomic E-state index is 0.0653. The summed E-state index contributed by atoms with van der Waals surface area (Å²) in [5.41, 5.74) is 6.79. The van der Waals surface area contributed by atoms with E-state index in [2.05, 4.69) is 17.2 Å². The number of rotatable bonds is 2. The molecule has 106 valence electrons. The van der Waals surface area contributed by atoms with Gasteiger partial charge in [-0.1, -0.05) is 42.7 Å². The summed E-state index contributed by atoms with van der Waals surface area (Å²) in [6.07, 6.45) is 5.43. The smallest absolute Gasteiger partial charge is 0.227 e. The molecule has 0 atom stereocenters. The summed E-state index contributed by atoms with van der Waals surface area (Å²) in [5, 5.41) is 3.46. The van der Waals surface area contributed by atoms with Crippen molar-refractivity contribution in [3.05, 3.63) is 28.8 Å². The van der Waals surface area contributed by atoms with Gasteiger partial charge in [0.1, 0.15) is 0 Å². The first-order valence-corrected chi connectivity index (χ1v) is 7.38. The molecule has 0 aromatic heterocycles. The lowest BCUT2D eigenvalue weighted by Crippen LogP contribution is -2.24. The lowest BCUT2D eigenvalue weighted by molar-refractivity contribution is -0.120. The normalized spacial score (nSPS) is 15.3. The highest BCUT2D eigenvalue weighted by atomic mass is 35.5. The van der Waals surface area contributed by atoms with Crippen molar-refractivity contribution in [1.29, 1.82) is 0 Å². The van der Waals surface area contributed by atoms with E-state index in [1.54, 1.807) is 12.1 Å². The summed E-state index contributed by atoms with van der Waals surface area (Å²) in [6.45, 7) is 0.312. The highest BCUT2D eigenvalue weighted by Crippen LogP contribution is 2.27. The summed E-state index contributed by atoms with van der Waals surface area (Å²) >= 11 is 6.13. The monoisotopic (exact) mass is 290 g/mol. The number of carbonyl (C=O) groups excluding carboxylic acids is 1. The van der Waals surface area contributed by atoms with E-state index < -0.39 is 0 Å². The Kier molecular flexibility index (Phi) is 5.46. The summed E-state index contributed by atoms with van der Waals surface area (Å²) < 4.78 is 0. The molecule has 1 aromatic rings. The molecule has 0 aliphatic heterocycles. The van der Waals surface area contributed by atoms with Crippen LogP contribution in [0.3, 0.4) is 0 Å². The van der Waals surface area contributed by atoms with Crippen LogP contribution in [0, 0.1) is 17.8 Å². The topological polar surface area (TPSA) is 55.1 Å². The molecule has 1 fully saturated rings. The number of hydrogen-bond acceptors (Lipinski definition) is 2. The van der Waals surface area contributed by atoms with Crippen LogP contribution in [-0.4, -0.2) is 12.5 Å². The van der Waals surface area contributed by atoms with Crippen LogP contribution in [0.5, 0.6) is 0 Å². The first kappa shape index (κ1) is 14.9. The maximum absolute atomic E-state index is 12.2. The average Bonchev–Trinajstić information content (AvgIpc) is 2.49. The zero-order valence-electron chi connectivity index (χ0n) is 11.4. The fraction of sp³-hybridized carbons (Fsp3) is 0.438. The molecular formula is C16H19ClN2O. The van der Waals surface area contributed by atoms with Crippen molar-refractivity contribution in [2.45, 2.75) is 32.1 Å². The molecule has 1 saturated carbocycles. The molecule has 0 spiro atoms. The predicted molar refractivity (Wildman–Crippen MR) is 82.6 cm³/mol. The van der Waals surface area contributed by atoms with E-state index in [9.17, 15) is 4.79 Å². The van der Waals surface area contributed by atoms with Gasteiger partial charge in [-0.25, -0.2) is 0 Å². The van der Waals surface area contributed by atoms with Gasteiger partial charge in [0, 0.05) is 11.5 Å². The molecular weight excluding hydrogens is 272 g/mol. The first-order valence-electron chi connectivity index (χ1n) is 7.00. The van der Waals surface area contributed by atoms with Crippen LogP contribution >= 0.6 is 11.6 Å². The molecule has 0 unspecified atom stereocenters. The molecule has 2 rings (SSSR count). The molecule has 1 aliphatic carbocycles. The molecule has 1 aliphatic rings. The number of benzene rings is 1. The van der Waals surface area contributed by atoms with Gasteiger partial charge < -0.3 is 11.1 Å². The Morgan fingerprint density at radius 3 is 2.80 bits per heavy atom. The van der Waals surface area contributed by atoms with Gasteiger partial charge in [0.2, 0.25) is 5.91 Å². The van der Waals surface area contributed by atoms with Gasteiger partial charge in [-0.2, -0.15) is 0 Å². The van der Waals surface area contributed by atoms with Crippen molar-refractivity contribution in [1.82, 2.24) is 0 Å². The third kappa shape index (κ3) is 4.00. The molecule has 3 nitrogen and oxygen atoms in total. The van der Waals surface area contributed by atoms with Gasteiger partial charge in [-0.3, -0.25) is 4.79 Å². The van der Waals surface area contributed by atoms with Crippen LogP contribution in [0.25, 0.3) is 0 Å².